The maximum atomic E-state index is 13.3. The van der Waals surface area contributed by atoms with Crippen LogP contribution in [0.1, 0.15) is 44.0 Å². The summed E-state index contributed by atoms with van der Waals surface area (Å²) in [4.78, 5) is 28.0. The molecule has 1 aliphatic heterocycles. The van der Waals surface area contributed by atoms with Gasteiger partial charge in [-0.3, -0.25) is 4.79 Å². The number of hydrogen-bond acceptors (Lipinski definition) is 6. The van der Waals surface area contributed by atoms with Crippen LogP contribution >= 0.6 is 0 Å². The first kappa shape index (κ1) is 19.2. The first-order chi connectivity index (χ1) is 14.0. The van der Waals surface area contributed by atoms with Crippen LogP contribution in [0.15, 0.2) is 43.1 Å². The summed E-state index contributed by atoms with van der Waals surface area (Å²) in [5.41, 5.74) is 1.14. The van der Waals surface area contributed by atoms with Crippen molar-refractivity contribution in [2.75, 3.05) is 6.54 Å². The quantitative estimate of drug-likeness (QED) is 0.661. The lowest BCUT2D eigenvalue weighted by Gasteiger charge is -2.37. The van der Waals surface area contributed by atoms with Crippen molar-refractivity contribution in [1.29, 1.82) is 0 Å². The van der Waals surface area contributed by atoms with Crippen LogP contribution in [0.2, 0.25) is 0 Å². The molecule has 8 heteroatoms. The molecule has 152 valence electrons. The van der Waals surface area contributed by atoms with Gasteiger partial charge in [0.2, 0.25) is 5.88 Å². The topological polar surface area (TPSA) is 81.8 Å². The summed E-state index contributed by atoms with van der Waals surface area (Å²) in [5, 5.41) is 0. The molecule has 0 radical (unpaired) electrons. The average Bonchev–Trinajstić information content (AvgIpc) is 3.19. The Kier molecular flexibility index (Phi) is 5.33. The molecule has 0 spiro atoms. The van der Waals surface area contributed by atoms with Gasteiger partial charge in [0.1, 0.15) is 11.7 Å². The molecule has 1 amide bonds. The number of hydrogen-bond donors (Lipinski definition) is 0. The predicted molar refractivity (Wildman–Crippen MR) is 107 cm³/mol. The van der Waals surface area contributed by atoms with E-state index in [4.69, 9.17) is 9.47 Å². The number of pyridine rings is 1. The first-order valence-electron chi connectivity index (χ1n) is 9.90. The van der Waals surface area contributed by atoms with Crippen LogP contribution in [0.4, 0.5) is 0 Å². The second-order valence-electron chi connectivity index (χ2n) is 7.54. The van der Waals surface area contributed by atoms with E-state index in [0.29, 0.717) is 29.5 Å². The molecule has 8 nitrogen and oxygen atoms in total. The van der Waals surface area contributed by atoms with E-state index in [1.807, 2.05) is 35.5 Å². The Bertz CT molecular complexity index is 1000. The molecule has 3 aromatic heterocycles. The fourth-order valence-electron chi connectivity index (χ4n) is 3.55. The van der Waals surface area contributed by atoms with Gasteiger partial charge in [-0.2, -0.15) is 0 Å². The molecule has 0 unspecified atom stereocenters. The Hall–Kier alpha value is -3.16. The Balaban J connectivity index is 1.54. The molecule has 3 aromatic rings. The second-order valence-corrected chi connectivity index (χ2v) is 7.54. The summed E-state index contributed by atoms with van der Waals surface area (Å²) < 4.78 is 13.8. The van der Waals surface area contributed by atoms with Gasteiger partial charge in [-0.15, -0.1) is 0 Å². The molecule has 1 aliphatic rings. The van der Waals surface area contributed by atoms with Gasteiger partial charge >= 0.3 is 0 Å². The van der Waals surface area contributed by atoms with Gasteiger partial charge in [0.15, 0.2) is 5.65 Å². The number of likely N-dealkylation sites (tertiary alicyclic amines) is 1. The lowest BCUT2D eigenvalue weighted by Crippen LogP contribution is -2.49. The Labute approximate surface area is 169 Å². The number of imidazole rings is 1. The summed E-state index contributed by atoms with van der Waals surface area (Å²) in [6.07, 6.45) is 10.2. The SMILES string of the molecule is CC(C)Oc1ncccc1C(=O)N1C[C@H](Oc2nccn3ccnc23)CC[C@H]1C. The highest BCUT2D eigenvalue weighted by molar-refractivity contribution is 5.96. The molecule has 0 saturated carbocycles. The van der Waals surface area contributed by atoms with Crippen molar-refractivity contribution >= 4 is 11.6 Å². The van der Waals surface area contributed by atoms with E-state index in [9.17, 15) is 4.79 Å². The van der Waals surface area contributed by atoms with E-state index in [1.165, 1.54) is 0 Å². The lowest BCUT2D eigenvalue weighted by atomic mass is 10.00. The van der Waals surface area contributed by atoms with Crippen LogP contribution in [0.3, 0.4) is 0 Å². The number of amides is 1. The number of carbonyl (C=O) groups is 1. The summed E-state index contributed by atoms with van der Waals surface area (Å²) >= 11 is 0. The van der Waals surface area contributed by atoms with Crippen LogP contribution in [-0.2, 0) is 0 Å². The van der Waals surface area contributed by atoms with E-state index in [1.54, 1.807) is 30.7 Å². The first-order valence-corrected chi connectivity index (χ1v) is 9.90. The van der Waals surface area contributed by atoms with Gasteiger partial charge in [-0.05, 0) is 45.7 Å². The van der Waals surface area contributed by atoms with Crippen molar-refractivity contribution in [3.8, 4) is 11.8 Å². The summed E-state index contributed by atoms with van der Waals surface area (Å²) in [7, 11) is 0. The van der Waals surface area contributed by atoms with Crippen molar-refractivity contribution < 1.29 is 14.3 Å². The Morgan fingerprint density at radius 3 is 2.66 bits per heavy atom. The molecule has 0 N–H and O–H groups in total. The molecule has 0 aliphatic carbocycles. The number of nitrogens with zero attached hydrogens (tertiary/aromatic N) is 5. The van der Waals surface area contributed by atoms with E-state index in [0.717, 1.165) is 12.8 Å². The monoisotopic (exact) mass is 395 g/mol. The van der Waals surface area contributed by atoms with Gasteiger partial charge < -0.3 is 18.8 Å². The number of aromatic nitrogens is 4. The molecule has 0 bridgehead atoms. The normalized spacial score (nSPS) is 19.5. The molecule has 0 aromatic carbocycles. The average molecular weight is 395 g/mol. The number of rotatable bonds is 5. The van der Waals surface area contributed by atoms with Crippen LogP contribution < -0.4 is 9.47 Å². The van der Waals surface area contributed by atoms with Gasteiger partial charge in [-0.1, -0.05) is 0 Å². The maximum absolute atomic E-state index is 13.3. The van der Waals surface area contributed by atoms with E-state index in [2.05, 4.69) is 21.9 Å². The number of fused-ring (bicyclic) bond motifs is 1. The standard InChI is InChI=1S/C21H25N5O3/c1-14(2)28-19-17(5-4-8-23-19)21(27)26-13-16(7-6-15(26)3)29-20-18-22-9-11-25(18)12-10-24-20/h4-5,8-12,14-16H,6-7,13H2,1-3H3/t15-,16-/m1/s1. The molecule has 1 saturated heterocycles. The molecule has 2 atom stereocenters. The zero-order chi connectivity index (χ0) is 20.4. The molecule has 1 fully saturated rings. The third kappa shape index (κ3) is 4.01. The van der Waals surface area contributed by atoms with Crippen LogP contribution in [0.25, 0.3) is 5.65 Å². The Morgan fingerprint density at radius 1 is 1.10 bits per heavy atom. The summed E-state index contributed by atoms with van der Waals surface area (Å²) in [6.45, 7) is 6.36. The number of ether oxygens (including phenoxy) is 2. The Morgan fingerprint density at radius 2 is 1.86 bits per heavy atom. The van der Waals surface area contributed by atoms with E-state index >= 15 is 0 Å². The minimum absolute atomic E-state index is 0.0626. The number of piperidine rings is 1. The van der Waals surface area contributed by atoms with Crippen LogP contribution in [-0.4, -0.2) is 55.0 Å². The summed E-state index contributed by atoms with van der Waals surface area (Å²) in [6, 6.07) is 3.62. The highest BCUT2D eigenvalue weighted by atomic mass is 16.5. The third-order valence-corrected chi connectivity index (χ3v) is 5.01. The molecular formula is C21H25N5O3. The minimum Gasteiger partial charge on any atom is -0.474 e. The highest BCUT2D eigenvalue weighted by Gasteiger charge is 2.32. The summed E-state index contributed by atoms with van der Waals surface area (Å²) in [5.74, 6) is 0.753. The molecule has 4 heterocycles. The zero-order valence-electron chi connectivity index (χ0n) is 16.9. The molecule has 4 rings (SSSR count). The predicted octanol–water partition coefficient (Wildman–Crippen LogP) is 2.98. The smallest absolute Gasteiger partial charge is 0.259 e. The third-order valence-electron chi connectivity index (χ3n) is 5.01. The fourth-order valence-corrected chi connectivity index (χ4v) is 3.55. The second kappa shape index (κ2) is 8.06. The van der Waals surface area contributed by atoms with Crippen LogP contribution in [0, 0.1) is 0 Å². The molecular weight excluding hydrogens is 370 g/mol. The highest BCUT2D eigenvalue weighted by Crippen LogP contribution is 2.26. The van der Waals surface area contributed by atoms with Crippen molar-refractivity contribution in [3.05, 3.63) is 48.7 Å². The zero-order valence-corrected chi connectivity index (χ0v) is 16.9. The fraction of sp³-hybridized carbons (Fsp3) is 0.429. The van der Waals surface area contributed by atoms with Crippen molar-refractivity contribution in [1.82, 2.24) is 24.3 Å². The maximum Gasteiger partial charge on any atom is 0.259 e. The number of carbonyl (C=O) groups excluding carboxylic acids is 1. The van der Waals surface area contributed by atoms with E-state index < -0.39 is 0 Å². The van der Waals surface area contributed by atoms with Crippen molar-refractivity contribution in [2.45, 2.75) is 51.9 Å². The van der Waals surface area contributed by atoms with Crippen LogP contribution in [0.5, 0.6) is 11.8 Å². The van der Waals surface area contributed by atoms with E-state index in [-0.39, 0.29) is 24.2 Å². The van der Waals surface area contributed by atoms with Gasteiger partial charge in [0.05, 0.1) is 12.6 Å². The lowest BCUT2D eigenvalue weighted by molar-refractivity contribution is 0.0370. The van der Waals surface area contributed by atoms with Crippen molar-refractivity contribution in [3.63, 3.8) is 0 Å². The van der Waals surface area contributed by atoms with Gasteiger partial charge in [0.25, 0.3) is 11.8 Å². The largest absolute Gasteiger partial charge is 0.474 e. The minimum atomic E-state index is -0.156. The van der Waals surface area contributed by atoms with Crippen molar-refractivity contribution in [2.24, 2.45) is 0 Å². The molecule has 29 heavy (non-hydrogen) atoms. The van der Waals surface area contributed by atoms with Gasteiger partial charge in [-0.25, -0.2) is 15.0 Å². The van der Waals surface area contributed by atoms with Gasteiger partial charge in [0, 0.05) is 37.0 Å².